The lowest BCUT2D eigenvalue weighted by Gasteiger charge is -2.06. The molecule has 0 unspecified atom stereocenters. The topological polar surface area (TPSA) is 137 Å². The van der Waals surface area contributed by atoms with E-state index in [9.17, 15) is 19.7 Å². The van der Waals surface area contributed by atoms with Gasteiger partial charge in [-0.2, -0.15) is 9.78 Å². The molecule has 0 aromatic carbocycles. The lowest BCUT2D eigenvalue weighted by molar-refractivity contribution is -0.389. The van der Waals surface area contributed by atoms with Crippen molar-refractivity contribution < 1.29 is 14.5 Å². The van der Waals surface area contributed by atoms with Crippen LogP contribution in [0.25, 0.3) is 0 Å². The van der Waals surface area contributed by atoms with Gasteiger partial charge in [0.2, 0.25) is 5.91 Å². The number of nitro groups is 1. The molecule has 2 heterocycles. The van der Waals surface area contributed by atoms with E-state index in [-0.39, 0.29) is 36.3 Å². The van der Waals surface area contributed by atoms with Gasteiger partial charge in [0, 0.05) is 25.7 Å². The fourth-order valence-corrected chi connectivity index (χ4v) is 2.39. The molecule has 2 rings (SSSR count). The molecule has 0 saturated carbocycles. The maximum Gasteiger partial charge on any atom is 0.390 e. The van der Waals surface area contributed by atoms with E-state index in [2.05, 4.69) is 20.8 Å². The molecule has 0 saturated heterocycles. The zero-order valence-electron chi connectivity index (χ0n) is 15.6. The third-order valence-electron chi connectivity index (χ3n) is 3.82. The van der Waals surface area contributed by atoms with Gasteiger partial charge in [-0.15, -0.1) is 0 Å². The lowest BCUT2D eigenvalue weighted by Crippen LogP contribution is -2.26. The van der Waals surface area contributed by atoms with Gasteiger partial charge in [0.05, 0.1) is 29.1 Å². The number of anilines is 1. The second-order valence-corrected chi connectivity index (χ2v) is 5.93. The SMILES string of the molecule is CCCNC(=O)c1nn(CC)cc1NC(=O)CCn1nc([N+](=O)[O-])cc1C. The summed E-state index contributed by atoms with van der Waals surface area (Å²) in [5.74, 6) is -0.947. The number of amides is 2. The van der Waals surface area contributed by atoms with Crippen LogP contribution in [0.4, 0.5) is 11.5 Å². The first kappa shape index (κ1) is 20.1. The van der Waals surface area contributed by atoms with Gasteiger partial charge in [-0.25, -0.2) is 0 Å². The standard InChI is InChI=1S/C16H23N7O4/c1-4-7-17-16(25)15-12(10-21(5-2)20-15)18-14(24)6-8-22-11(3)9-13(19-22)23(26)27/h9-10H,4-8H2,1-3H3,(H,17,25)(H,18,24). The first-order valence-electron chi connectivity index (χ1n) is 8.70. The number of rotatable bonds is 9. The Balaban J connectivity index is 2.03. The molecular formula is C16H23N7O4. The number of nitrogens with one attached hydrogen (secondary N) is 2. The summed E-state index contributed by atoms with van der Waals surface area (Å²) in [6.07, 6.45) is 2.44. The highest BCUT2D eigenvalue weighted by Crippen LogP contribution is 2.15. The highest BCUT2D eigenvalue weighted by Gasteiger charge is 2.19. The first-order chi connectivity index (χ1) is 12.8. The van der Waals surface area contributed by atoms with E-state index in [1.54, 1.807) is 17.8 Å². The van der Waals surface area contributed by atoms with E-state index in [4.69, 9.17) is 0 Å². The normalized spacial score (nSPS) is 10.6. The molecule has 0 aliphatic carbocycles. The number of aromatic nitrogens is 4. The number of hydrogen-bond donors (Lipinski definition) is 2. The molecule has 2 amide bonds. The number of carbonyl (C=O) groups excluding carboxylic acids is 2. The predicted octanol–water partition coefficient (Wildman–Crippen LogP) is 1.48. The van der Waals surface area contributed by atoms with Crippen LogP contribution in [0.3, 0.4) is 0 Å². The van der Waals surface area contributed by atoms with E-state index in [0.717, 1.165) is 6.42 Å². The average Bonchev–Trinajstić information content (AvgIpc) is 3.21. The van der Waals surface area contributed by atoms with Crippen LogP contribution in [0.15, 0.2) is 12.3 Å². The quantitative estimate of drug-likeness (QED) is 0.502. The Morgan fingerprint density at radius 1 is 1.30 bits per heavy atom. The molecule has 2 N–H and O–H groups in total. The van der Waals surface area contributed by atoms with Crippen LogP contribution in [0, 0.1) is 17.0 Å². The third-order valence-corrected chi connectivity index (χ3v) is 3.82. The molecule has 0 aliphatic heterocycles. The molecule has 0 bridgehead atoms. The van der Waals surface area contributed by atoms with Crippen molar-refractivity contribution in [1.29, 1.82) is 0 Å². The van der Waals surface area contributed by atoms with Crippen molar-refractivity contribution in [2.24, 2.45) is 0 Å². The van der Waals surface area contributed by atoms with Gasteiger partial charge in [0.15, 0.2) is 5.69 Å². The summed E-state index contributed by atoms with van der Waals surface area (Å²) in [6, 6.07) is 1.35. The van der Waals surface area contributed by atoms with Crippen LogP contribution in [0.5, 0.6) is 0 Å². The maximum atomic E-state index is 12.3. The molecule has 11 nitrogen and oxygen atoms in total. The van der Waals surface area contributed by atoms with Crippen molar-refractivity contribution >= 4 is 23.3 Å². The fourth-order valence-electron chi connectivity index (χ4n) is 2.39. The van der Waals surface area contributed by atoms with E-state index in [1.807, 2.05) is 13.8 Å². The number of aryl methyl sites for hydroxylation is 3. The van der Waals surface area contributed by atoms with Gasteiger partial charge in [0.25, 0.3) is 5.91 Å². The van der Waals surface area contributed by atoms with Crippen molar-refractivity contribution in [2.75, 3.05) is 11.9 Å². The molecule has 11 heteroatoms. The van der Waals surface area contributed by atoms with Crippen LogP contribution >= 0.6 is 0 Å². The average molecular weight is 377 g/mol. The highest BCUT2D eigenvalue weighted by molar-refractivity contribution is 6.02. The van der Waals surface area contributed by atoms with Gasteiger partial charge < -0.3 is 20.7 Å². The smallest absolute Gasteiger partial charge is 0.358 e. The van der Waals surface area contributed by atoms with E-state index < -0.39 is 4.92 Å². The lowest BCUT2D eigenvalue weighted by atomic mass is 10.3. The predicted molar refractivity (Wildman–Crippen MR) is 97.4 cm³/mol. The minimum atomic E-state index is -0.579. The monoisotopic (exact) mass is 377 g/mol. The Labute approximate surface area is 155 Å². The maximum absolute atomic E-state index is 12.3. The molecule has 146 valence electrons. The summed E-state index contributed by atoms with van der Waals surface area (Å²) >= 11 is 0. The van der Waals surface area contributed by atoms with Gasteiger partial charge in [-0.3, -0.25) is 14.3 Å². The Morgan fingerprint density at radius 2 is 2.04 bits per heavy atom. The van der Waals surface area contributed by atoms with E-state index >= 15 is 0 Å². The third kappa shape index (κ3) is 5.12. The van der Waals surface area contributed by atoms with Crippen molar-refractivity contribution in [3.63, 3.8) is 0 Å². The second kappa shape index (κ2) is 8.92. The summed E-state index contributed by atoms with van der Waals surface area (Å²) in [6.45, 7) is 6.75. The molecule has 0 spiro atoms. The zero-order chi connectivity index (χ0) is 20.0. The first-order valence-corrected chi connectivity index (χ1v) is 8.70. The van der Waals surface area contributed by atoms with Gasteiger partial charge in [0.1, 0.15) is 0 Å². The van der Waals surface area contributed by atoms with Crippen LogP contribution in [-0.2, 0) is 17.9 Å². The summed E-state index contributed by atoms with van der Waals surface area (Å²) < 4.78 is 2.97. The number of nitrogens with zero attached hydrogens (tertiary/aromatic N) is 5. The van der Waals surface area contributed by atoms with Gasteiger partial charge in [-0.05, 0) is 25.2 Å². The van der Waals surface area contributed by atoms with Crippen LogP contribution < -0.4 is 10.6 Å². The summed E-state index contributed by atoms with van der Waals surface area (Å²) in [4.78, 5) is 34.7. The summed E-state index contributed by atoms with van der Waals surface area (Å²) in [7, 11) is 0. The summed E-state index contributed by atoms with van der Waals surface area (Å²) in [5, 5.41) is 24.2. The molecule has 0 radical (unpaired) electrons. The molecule has 2 aromatic heterocycles. The van der Waals surface area contributed by atoms with Crippen molar-refractivity contribution in [3.05, 3.63) is 33.8 Å². The molecular weight excluding hydrogens is 354 g/mol. The van der Waals surface area contributed by atoms with Crippen molar-refractivity contribution in [3.8, 4) is 0 Å². The summed E-state index contributed by atoms with van der Waals surface area (Å²) in [5.41, 5.74) is 1.08. The number of hydrogen-bond acceptors (Lipinski definition) is 6. The zero-order valence-corrected chi connectivity index (χ0v) is 15.6. The Morgan fingerprint density at radius 3 is 2.63 bits per heavy atom. The minimum Gasteiger partial charge on any atom is -0.358 e. The van der Waals surface area contributed by atoms with E-state index in [1.165, 1.54) is 10.7 Å². The van der Waals surface area contributed by atoms with Crippen molar-refractivity contribution in [1.82, 2.24) is 24.9 Å². The van der Waals surface area contributed by atoms with Crippen LogP contribution in [0.2, 0.25) is 0 Å². The van der Waals surface area contributed by atoms with Gasteiger partial charge >= 0.3 is 5.82 Å². The van der Waals surface area contributed by atoms with Crippen LogP contribution in [0.1, 0.15) is 42.9 Å². The largest absolute Gasteiger partial charge is 0.390 e. The Bertz CT molecular complexity index is 840. The Kier molecular flexibility index (Phi) is 6.63. The second-order valence-electron chi connectivity index (χ2n) is 5.93. The number of carbonyl (C=O) groups is 2. The highest BCUT2D eigenvalue weighted by atomic mass is 16.6. The van der Waals surface area contributed by atoms with Crippen LogP contribution in [-0.4, -0.2) is 42.8 Å². The molecule has 0 atom stereocenters. The molecule has 0 fully saturated rings. The fraction of sp³-hybridized carbons (Fsp3) is 0.500. The molecule has 2 aromatic rings. The van der Waals surface area contributed by atoms with Gasteiger partial charge in [-0.1, -0.05) is 6.92 Å². The molecule has 27 heavy (non-hydrogen) atoms. The van der Waals surface area contributed by atoms with Crippen molar-refractivity contribution in [2.45, 2.75) is 46.7 Å². The minimum absolute atomic E-state index is 0.0486. The van der Waals surface area contributed by atoms with E-state index in [0.29, 0.717) is 24.5 Å². The molecule has 0 aliphatic rings. The Hall–Kier alpha value is -3.24.